The van der Waals surface area contributed by atoms with Crippen molar-refractivity contribution < 1.29 is 9.90 Å². The molecule has 6 nitrogen and oxygen atoms in total. The van der Waals surface area contributed by atoms with E-state index in [1.54, 1.807) is 0 Å². The Hall–Kier alpha value is -1.24. The predicted molar refractivity (Wildman–Crippen MR) is 71.7 cm³/mol. The molecule has 7 heteroatoms. The number of nitrogens with two attached hydrogens (primary N) is 1. The largest absolute Gasteiger partial charge is 0.481 e. The number of carbonyl (C=O) groups is 1. The van der Waals surface area contributed by atoms with E-state index in [4.69, 9.17) is 10.8 Å². The maximum absolute atomic E-state index is 10.6. The van der Waals surface area contributed by atoms with Crippen molar-refractivity contribution >= 4 is 23.7 Å². The lowest BCUT2D eigenvalue weighted by molar-refractivity contribution is -0.133. The van der Waals surface area contributed by atoms with Crippen molar-refractivity contribution in [2.75, 3.05) is 11.5 Å². The molecule has 0 unspecified atom stereocenters. The number of nitrogen functional groups attached to an aromatic ring is 1. The van der Waals surface area contributed by atoms with Gasteiger partial charge in [-0.25, -0.2) is 0 Å². The van der Waals surface area contributed by atoms with E-state index in [0.29, 0.717) is 17.0 Å². The predicted octanol–water partition coefficient (Wildman–Crippen LogP) is 1.47. The van der Waals surface area contributed by atoms with Crippen molar-refractivity contribution in [3.05, 3.63) is 0 Å². The molecule has 0 bridgehead atoms. The van der Waals surface area contributed by atoms with Crippen LogP contribution in [-0.4, -0.2) is 31.6 Å². The summed E-state index contributed by atoms with van der Waals surface area (Å²) in [6.07, 6.45) is 5.28. The second kappa shape index (κ2) is 5.03. The van der Waals surface area contributed by atoms with Gasteiger partial charge in [-0.05, 0) is 43.4 Å². The number of thioether (sulfide) groups is 1. The van der Waals surface area contributed by atoms with E-state index in [1.165, 1.54) is 37.4 Å². The van der Waals surface area contributed by atoms with Crippen LogP contribution in [0.5, 0.6) is 0 Å². The first-order chi connectivity index (χ1) is 9.15. The van der Waals surface area contributed by atoms with Gasteiger partial charge in [-0.3, -0.25) is 9.36 Å². The average Bonchev–Trinajstić information content (AvgIpc) is 3.24. The molecule has 0 aliphatic heterocycles. The van der Waals surface area contributed by atoms with E-state index < -0.39 is 5.97 Å². The molecule has 2 saturated carbocycles. The fraction of sp³-hybridized carbons (Fsp3) is 0.750. The van der Waals surface area contributed by atoms with E-state index in [9.17, 15) is 4.79 Å². The van der Waals surface area contributed by atoms with Gasteiger partial charge < -0.3 is 10.8 Å². The van der Waals surface area contributed by atoms with Gasteiger partial charge in [0.15, 0.2) is 5.16 Å². The minimum Gasteiger partial charge on any atom is -0.481 e. The number of hydrogen-bond acceptors (Lipinski definition) is 5. The van der Waals surface area contributed by atoms with Crippen LogP contribution < -0.4 is 5.73 Å². The van der Waals surface area contributed by atoms with Crippen LogP contribution in [0.25, 0.3) is 0 Å². The normalized spacial score (nSPS) is 19.0. The zero-order chi connectivity index (χ0) is 13.4. The van der Waals surface area contributed by atoms with Gasteiger partial charge >= 0.3 is 5.97 Å². The summed E-state index contributed by atoms with van der Waals surface area (Å²) in [6, 6.07) is 0. The molecule has 2 aliphatic carbocycles. The molecule has 0 amide bonds. The number of nitrogens with zero attached hydrogens (tertiary/aromatic N) is 3. The number of anilines is 1. The fourth-order valence-corrected chi connectivity index (χ4v) is 3.32. The minimum atomic E-state index is -0.848. The molecule has 104 valence electrons. The summed E-state index contributed by atoms with van der Waals surface area (Å²) in [5.74, 6) is 1.87. The molecule has 2 aliphatic rings. The highest BCUT2D eigenvalue weighted by atomic mass is 32.2. The fourth-order valence-electron chi connectivity index (χ4n) is 2.65. The zero-order valence-corrected chi connectivity index (χ0v) is 11.5. The number of aromatic nitrogens is 3. The van der Waals surface area contributed by atoms with E-state index in [-0.39, 0.29) is 5.75 Å². The zero-order valence-electron chi connectivity index (χ0n) is 10.7. The lowest BCUT2D eigenvalue weighted by Crippen LogP contribution is -2.17. The van der Waals surface area contributed by atoms with Crippen LogP contribution in [0.2, 0.25) is 0 Å². The summed E-state index contributed by atoms with van der Waals surface area (Å²) in [4.78, 5) is 10.6. The maximum atomic E-state index is 10.6. The quantitative estimate of drug-likeness (QED) is 0.736. The number of carboxylic acids is 1. The van der Waals surface area contributed by atoms with Gasteiger partial charge in [-0.1, -0.05) is 11.8 Å². The molecular weight excluding hydrogens is 264 g/mol. The Balaban J connectivity index is 1.71. The smallest absolute Gasteiger partial charge is 0.313 e. The Morgan fingerprint density at radius 1 is 1.37 bits per heavy atom. The summed E-state index contributed by atoms with van der Waals surface area (Å²) >= 11 is 1.19. The van der Waals surface area contributed by atoms with Crippen molar-refractivity contribution in [3.63, 3.8) is 0 Å². The Kier molecular flexibility index (Phi) is 3.38. The second-order valence-corrected chi connectivity index (χ2v) is 6.42. The standard InChI is InChI=1S/C12H18N4O2S/c13-11-14-15-12(19-6-10(17)18)16(11)5-9(7-1-2-7)8-3-4-8/h7-9H,1-6H2,(H2,13,14)(H,17,18). The van der Waals surface area contributed by atoms with Crippen LogP contribution >= 0.6 is 11.8 Å². The summed E-state index contributed by atoms with van der Waals surface area (Å²) in [5, 5.41) is 17.2. The number of aliphatic carboxylic acids is 1. The average molecular weight is 282 g/mol. The first-order valence-corrected chi connectivity index (χ1v) is 7.67. The van der Waals surface area contributed by atoms with E-state index in [2.05, 4.69) is 10.2 Å². The van der Waals surface area contributed by atoms with Gasteiger partial charge in [0.05, 0.1) is 5.75 Å². The molecule has 1 aromatic rings. The molecule has 3 rings (SSSR count). The third kappa shape index (κ3) is 3.02. The Morgan fingerprint density at radius 3 is 2.53 bits per heavy atom. The van der Waals surface area contributed by atoms with E-state index >= 15 is 0 Å². The molecule has 0 spiro atoms. The number of hydrogen-bond donors (Lipinski definition) is 2. The molecule has 3 N–H and O–H groups in total. The van der Waals surface area contributed by atoms with Gasteiger partial charge in [0.1, 0.15) is 0 Å². The molecule has 0 saturated heterocycles. The molecule has 1 heterocycles. The topological polar surface area (TPSA) is 94.0 Å². The summed E-state index contributed by atoms with van der Waals surface area (Å²) < 4.78 is 1.90. The highest BCUT2D eigenvalue weighted by Gasteiger charge is 2.41. The lowest BCUT2D eigenvalue weighted by atomic mass is 9.98. The van der Waals surface area contributed by atoms with Gasteiger partial charge in [-0.2, -0.15) is 0 Å². The molecule has 0 aromatic carbocycles. The van der Waals surface area contributed by atoms with Crippen LogP contribution in [0.15, 0.2) is 5.16 Å². The molecule has 19 heavy (non-hydrogen) atoms. The Bertz CT molecular complexity index is 470. The van der Waals surface area contributed by atoms with Crippen LogP contribution in [0, 0.1) is 17.8 Å². The van der Waals surface area contributed by atoms with Gasteiger partial charge in [0.2, 0.25) is 5.95 Å². The van der Waals surface area contributed by atoms with Crippen molar-refractivity contribution in [1.29, 1.82) is 0 Å². The summed E-state index contributed by atoms with van der Waals surface area (Å²) in [7, 11) is 0. The van der Waals surface area contributed by atoms with E-state index in [1.807, 2.05) is 4.57 Å². The Morgan fingerprint density at radius 2 is 2.00 bits per heavy atom. The van der Waals surface area contributed by atoms with Crippen LogP contribution in [0.1, 0.15) is 25.7 Å². The highest BCUT2D eigenvalue weighted by molar-refractivity contribution is 7.99. The molecular formula is C12H18N4O2S. The summed E-state index contributed by atoms with van der Waals surface area (Å²) in [5.41, 5.74) is 5.87. The molecule has 1 aromatic heterocycles. The lowest BCUT2D eigenvalue weighted by Gasteiger charge is -2.17. The SMILES string of the molecule is Nc1nnc(SCC(=O)O)n1CC(C1CC1)C1CC1. The van der Waals surface area contributed by atoms with Crippen LogP contribution in [0.4, 0.5) is 5.95 Å². The monoisotopic (exact) mass is 282 g/mol. The first kappa shape index (κ1) is 12.8. The number of rotatable bonds is 7. The second-order valence-electron chi connectivity index (χ2n) is 5.47. The summed E-state index contributed by atoms with van der Waals surface area (Å²) in [6.45, 7) is 0.843. The van der Waals surface area contributed by atoms with Crippen molar-refractivity contribution in [1.82, 2.24) is 14.8 Å². The van der Waals surface area contributed by atoms with Gasteiger partial charge in [-0.15, -0.1) is 10.2 Å². The van der Waals surface area contributed by atoms with Crippen molar-refractivity contribution in [2.24, 2.45) is 17.8 Å². The highest BCUT2D eigenvalue weighted by Crippen LogP contribution is 2.50. The van der Waals surface area contributed by atoms with Crippen molar-refractivity contribution in [2.45, 2.75) is 37.4 Å². The molecule has 2 fully saturated rings. The van der Waals surface area contributed by atoms with Gasteiger partial charge in [0, 0.05) is 6.54 Å². The first-order valence-electron chi connectivity index (χ1n) is 6.68. The van der Waals surface area contributed by atoms with Crippen molar-refractivity contribution in [3.8, 4) is 0 Å². The van der Waals surface area contributed by atoms with Crippen LogP contribution in [-0.2, 0) is 11.3 Å². The Labute approximate surface area is 115 Å². The minimum absolute atomic E-state index is 0.00431. The molecule has 0 atom stereocenters. The van der Waals surface area contributed by atoms with Gasteiger partial charge in [0.25, 0.3) is 0 Å². The van der Waals surface area contributed by atoms with E-state index in [0.717, 1.165) is 18.4 Å². The van der Waals surface area contributed by atoms with Crippen LogP contribution in [0.3, 0.4) is 0 Å². The third-order valence-corrected chi connectivity index (χ3v) is 4.87. The molecule has 0 radical (unpaired) electrons. The number of carboxylic acid groups (broad SMARTS) is 1. The maximum Gasteiger partial charge on any atom is 0.313 e. The third-order valence-electron chi connectivity index (χ3n) is 3.92.